The molecular formula is C20H26N6O3. The summed E-state index contributed by atoms with van der Waals surface area (Å²) >= 11 is 0. The van der Waals surface area contributed by atoms with Gasteiger partial charge >= 0.3 is 5.97 Å². The Morgan fingerprint density at radius 1 is 1.48 bits per heavy atom. The molecule has 29 heavy (non-hydrogen) atoms. The van der Waals surface area contributed by atoms with Crippen molar-refractivity contribution in [3.8, 4) is 0 Å². The lowest BCUT2D eigenvalue weighted by Crippen LogP contribution is -2.51. The second-order valence-corrected chi connectivity index (χ2v) is 8.49. The fraction of sp³-hybridized carbons (Fsp3) is 0.550. The molecule has 5 rings (SSSR count). The molecule has 2 fully saturated rings. The highest BCUT2D eigenvalue weighted by Crippen LogP contribution is 2.44. The van der Waals surface area contributed by atoms with E-state index in [1.54, 1.807) is 0 Å². The van der Waals surface area contributed by atoms with Gasteiger partial charge in [0.15, 0.2) is 5.65 Å². The lowest BCUT2D eigenvalue weighted by Gasteiger charge is -2.39. The summed E-state index contributed by atoms with van der Waals surface area (Å²) in [5, 5.41) is 18.4. The molecule has 9 nitrogen and oxygen atoms in total. The number of hydroxylamine groups is 1. The summed E-state index contributed by atoms with van der Waals surface area (Å²) < 4.78 is 1.89. The Kier molecular flexibility index (Phi) is 4.08. The number of anilines is 1. The summed E-state index contributed by atoms with van der Waals surface area (Å²) in [6.45, 7) is 4.74. The molecule has 3 aliphatic rings. The number of hydrogen-bond donors (Lipinski definition) is 4. The molecule has 0 amide bonds. The highest BCUT2D eigenvalue weighted by Gasteiger charge is 2.46. The summed E-state index contributed by atoms with van der Waals surface area (Å²) in [7, 11) is 0. The number of aromatic nitrogens is 3. The third-order valence-electron chi connectivity index (χ3n) is 6.35. The zero-order chi connectivity index (χ0) is 20.3. The SMILES string of the molecule is CCn1nc(C)c2c(NC3CC(C(=O)O)C3)c(C3=CC4(CC(N)C4)ON3)cnc21. The Balaban J connectivity index is 1.55. The van der Waals surface area contributed by atoms with Gasteiger partial charge in [0.1, 0.15) is 5.60 Å². The van der Waals surface area contributed by atoms with Crippen LogP contribution in [-0.4, -0.2) is 43.5 Å². The number of nitrogens with one attached hydrogen (secondary N) is 2. The predicted octanol–water partition coefficient (Wildman–Crippen LogP) is 1.77. The minimum absolute atomic E-state index is 0.110. The standard InChI is InChI=1S/C20H26N6O3/c1-3-26-18-16(10(2)24-26)17(23-13-4-11(5-13)19(27)28)14(9-22-18)15-8-20(29-25-15)6-12(21)7-20/h8-9,11-13,25H,3-7,21H2,1-2H3,(H,22,23)(H,27,28). The molecule has 9 heteroatoms. The molecular weight excluding hydrogens is 372 g/mol. The van der Waals surface area contributed by atoms with Crippen molar-refractivity contribution >= 4 is 28.4 Å². The second-order valence-electron chi connectivity index (χ2n) is 8.49. The Hall–Kier alpha value is -2.65. The Bertz CT molecular complexity index is 1020. The Labute approximate surface area is 168 Å². The van der Waals surface area contributed by atoms with Crippen LogP contribution in [-0.2, 0) is 16.2 Å². The molecule has 2 aromatic rings. The van der Waals surface area contributed by atoms with Crippen molar-refractivity contribution in [2.24, 2.45) is 11.7 Å². The predicted molar refractivity (Wildman–Crippen MR) is 108 cm³/mol. The summed E-state index contributed by atoms with van der Waals surface area (Å²) in [5.41, 5.74) is 13.1. The molecule has 0 radical (unpaired) electrons. The van der Waals surface area contributed by atoms with Crippen LogP contribution in [0.25, 0.3) is 16.7 Å². The number of carbonyl (C=O) groups is 1. The highest BCUT2D eigenvalue weighted by atomic mass is 16.7. The average molecular weight is 398 g/mol. The summed E-state index contributed by atoms with van der Waals surface area (Å²) in [6, 6.07) is 0.275. The van der Waals surface area contributed by atoms with Gasteiger partial charge < -0.3 is 16.2 Å². The molecule has 5 N–H and O–H groups in total. The van der Waals surface area contributed by atoms with Crippen molar-refractivity contribution in [2.45, 2.75) is 63.8 Å². The number of pyridine rings is 1. The van der Waals surface area contributed by atoms with Gasteiger partial charge in [0.05, 0.1) is 28.4 Å². The molecule has 0 aromatic carbocycles. The van der Waals surface area contributed by atoms with Gasteiger partial charge in [-0.25, -0.2) is 9.67 Å². The highest BCUT2D eigenvalue weighted by molar-refractivity contribution is 5.98. The van der Waals surface area contributed by atoms with E-state index in [0.29, 0.717) is 12.8 Å². The van der Waals surface area contributed by atoms with E-state index in [1.165, 1.54) is 0 Å². The van der Waals surface area contributed by atoms with Gasteiger partial charge in [0.2, 0.25) is 0 Å². The van der Waals surface area contributed by atoms with Crippen LogP contribution < -0.4 is 16.5 Å². The third kappa shape index (κ3) is 2.87. The van der Waals surface area contributed by atoms with Gasteiger partial charge in [0.25, 0.3) is 0 Å². The number of fused-ring (bicyclic) bond motifs is 1. The van der Waals surface area contributed by atoms with Gasteiger partial charge in [-0.05, 0) is 45.6 Å². The van der Waals surface area contributed by atoms with Gasteiger partial charge in [-0.3, -0.25) is 15.1 Å². The Morgan fingerprint density at radius 3 is 2.90 bits per heavy atom. The maximum atomic E-state index is 11.2. The third-order valence-corrected chi connectivity index (χ3v) is 6.35. The van der Waals surface area contributed by atoms with Crippen molar-refractivity contribution in [2.75, 3.05) is 5.32 Å². The molecule has 2 aromatic heterocycles. The van der Waals surface area contributed by atoms with Crippen LogP contribution in [0.3, 0.4) is 0 Å². The van der Waals surface area contributed by atoms with E-state index in [4.69, 9.17) is 10.6 Å². The number of aliphatic carboxylic acids is 1. The summed E-state index contributed by atoms with van der Waals surface area (Å²) in [6.07, 6.45) is 6.74. The largest absolute Gasteiger partial charge is 0.481 e. The molecule has 0 atom stereocenters. The lowest BCUT2D eigenvalue weighted by atomic mass is 9.76. The van der Waals surface area contributed by atoms with Crippen LogP contribution in [0, 0.1) is 12.8 Å². The van der Waals surface area contributed by atoms with Crippen molar-refractivity contribution in [1.29, 1.82) is 0 Å². The maximum absolute atomic E-state index is 11.2. The first kappa shape index (κ1) is 18.4. The first-order valence-electron chi connectivity index (χ1n) is 10.2. The average Bonchev–Trinajstić information content (AvgIpc) is 3.19. The van der Waals surface area contributed by atoms with Gasteiger partial charge in [-0.2, -0.15) is 5.10 Å². The first-order chi connectivity index (χ1) is 13.9. The van der Waals surface area contributed by atoms with Crippen molar-refractivity contribution < 1.29 is 14.7 Å². The molecule has 0 unspecified atom stereocenters. The molecule has 2 saturated carbocycles. The quantitative estimate of drug-likeness (QED) is 0.600. The first-order valence-corrected chi connectivity index (χ1v) is 10.2. The van der Waals surface area contributed by atoms with E-state index in [1.807, 2.05) is 24.7 Å². The zero-order valence-electron chi connectivity index (χ0n) is 16.6. The number of nitrogens with two attached hydrogens (primary N) is 1. The smallest absolute Gasteiger partial charge is 0.306 e. The molecule has 154 valence electrons. The number of nitrogens with zero attached hydrogens (tertiary/aromatic N) is 3. The maximum Gasteiger partial charge on any atom is 0.306 e. The van der Waals surface area contributed by atoms with E-state index in [0.717, 1.165) is 53.1 Å². The van der Waals surface area contributed by atoms with Crippen LogP contribution >= 0.6 is 0 Å². The number of rotatable bonds is 5. The van der Waals surface area contributed by atoms with Crippen molar-refractivity contribution in [1.82, 2.24) is 20.2 Å². The summed E-state index contributed by atoms with van der Waals surface area (Å²) in [4.78, 5) is 21.7. The van der Waals surface area contributed by atoms with Crippen LogP contribution in [0.1, 0.15) is 43.9 Å². The van der Waals surface area contributed by atoms with Gasteiger partial charge in [-0.15, -0.1) is 0 Å². The van der Waals surface area contributed by atoms with E-state index in [-0.39, 0.29) is 23.6 Å². The van der Waals surface area contributed by atoms with Crippen LogP contribution in [0.4, 0.5) is 5.69 Å². The van der Waals surface area contributed by atoms with E-state index >= 15 is 0 Å². The fourth-order valence-corrected chi connectivity index (χ4v) is 4.67. The second kappa shape index (κ2) is 6.43. The van der Waals surface area contributed by atoms with Gasteiger partial charge in [-0.1, -0.05) is 0 Å². The molecule has 0 bridgehead atoms. The minimum atomic E-state index is -0.727. The van der Waals surface area contributed by atoms with E-state index < -0.39 is 5.97 Å². The number of aryl methyl sites for hydroxylation is 2. The van der Waals surface area contributed by atoms with Crippen molar-refractivity contribution in [3.63, 3.8) is 0 Å². The van der Waals surface area contributed by atoms with E-state index in [2.05, 4.69) is 27.0 Å². The normalized spacial score (nSPS) is 30.6. The van der Waals surface area contributed by atoms with Crippen molar-refractivity contribution in [3.05, 3.63) is 23.5 Å². The number of carboxylic acids is 1. The monoisotopic (exact) mass is 398 g/mol. The molecule has 1 spiro atoms. The lowest BCUT2D eigenvalue weighted by molar-refractivity contribution is -0.144. The fourth-order valence-electron chi connectivity index (χ4n) is 4.67. The topological polar surface area (TPSA) is 127 Å². The molecule has 0 saturated heterocycles. The molecule has 2 aliphatic carbocycles. The van der Waals surface area contributed by atoms with Crippen LogP contribution in [0.5, 0.6) is 0 Å². The van der Waals surface area contributed by atoms with E-state index in [9.17, 15) is 9.90 Å². The Morgan fingerprint density at radius 2 is 2.24 bits per heavy atom. The minimum Gasteiger partial charge on any atom is -0.481 e. The number of carboxylic acid groups (broad SMARTS) is 1. The van der Waals surface area contributed by atoms with Crippen LogP contribution in [0.15, 0.2) is 12.3 Å². The van der Waals surface area contributed by atoms with Gasteiger partial charge in [0, 0.05) is 30.4 Å². The molecule has 3 heterocycles. The summed E-state index contributed by atoms with van der Waals surface area (Å²) in [5.74, 6) is -1.01. The molecule has 1 aliphatic heterocycles. The van der Waals surface area contributed by atoms with Crippen LogP contribution in [0.2, 0.25) is 0 Å². The zero-order valence-corrected chi connectivity index (χ0v) is 16.6. The number of hydrogen-bond acceptors (Lipinski definition) is 7.